The van der Waals surface area contributed by atoms with E-state index in [1.54, 1.807) is 0 Å². The third-order valence-corrected chi connectivity index (χ3v) is 4.32. The van der Waals surface area contributed by atoms with Gasteiger partial charge in [-0.2, -0.15) is 23.4 Å². The Bertz CT molecular complexity index is 867. The number of rotatable bonds is 7. The molecule has 0 bridgehead atoms. The van der Waals surface area contributed by atoms with Crippen molar-refractivity contribution in [3.63, 3.8) is 0 Å². The lowest BCUT2D eigenvalue weighted by Crippen LogP contribution is -2.27. The molecular weight excluding hydrogens is 367 g/mol. The van der Waals surface area contributed by atoms with E-state index >= 15 is 0 Å². The number of aryl methyl sites for hydroxylation is 2. The predicted octanol–water partition coefficient (Wildman–Crippen LogP) is 2.03. The van der Waals surface area contributed by atoms with Crippen molar-refractivity contribution in [2.45, 2.75) is 37.9 Å². The molecule has 1 aliphatic carbocycles. The van der Waals surface area contributed by atoms with Gasteiger partial charge in [0.2, 0.25) is 0 Å². The number of amides is 1. The number of aromatic carboxylic acids is 1. The minimum Gasteiger partial charge on any atom is -0.477 e. The first-order chi connectivity index (χ1) is 12.7. The van der Waals surface area contributed by atoms with E-state index in [1.807, 2.05) is 0 Å². The Labute approximate surface area is 152 Å². The fraction of sp³-hybridized carbons (Fsp3) is 0.500. The van der Waals surface area contributed by atoms with Crippen molar-refractivity contribution in [1.29, 1.82) is 0 Å². The van der Waals surface area contributed by atoms with Crippen LogP contribution < -0.4 is 5.32 Å². The minimum atomic E-state index is -4.49. The van der Waals surface area contributed by atoms with Gasteiger partial charge in [0.1, 0.15) is 0 Å². The number of carboxylic acid groups (broad SMARTS) is 1. The van der Waals surface area contributed by atoms with Crippen molar-refractivity contribution in [2.75, 3.05) is 6.54 Å². The maximum absolute atomic E-state index is 12.9. The molecule has 11 heteroatoms. The summed E-state index contributed by atoms with van der Waals surface area (Å²) >= 11 is 0. The molecule has 1 saturated carbocycles. The van der Waals surface area contributed by atoms with Gasteiger partial charge < -0.3 is 10.4 Å². The lowest BCUT2D eigenvalue weighted by Gasteiger charge is -2.08. The van der Waals surface area contributed by atoms with E-state index in [0.29, 0.717) is 12.1 Å². The van der Waals surface area contributed by atoms with Crippen LogP contribution in [0.1, 0.15) is 57.4 Å². The molecular formula is C16H18F3N5O3. The molecule has 2 aromatic heterocycles. The zero-order chi connectivity index (χ0) is 19.8. The number of carbonyl (C=O) groups excluding carboxylic acids is 1. The van der Waals surface area contributed by atoms with Gasteiger partial charge in [0.05, 0.1) is 11.8 Å². The average Bonchev–Trinajstić information content (AvgIpc) is 3.19. The summed E-state index contributed by atoms with van der Waals surface area (Å²) in [7, 11) is 1.41. The van der Waals surface area contributed by atoms with E-state index in [1.165, 1.54) is 11.7 Å². The molecule has 0 aromatic carbocycles. The number of nitrogens with one attached hydrogen (secondary N) is 1. The molecule has 0 spiro atoms. The number of hydrogen-bond donors (Lipinski definition) is 2. The zero-order valence-electron chi connectivity index (χ0n) is 14.5. The molecule has 0 atom stereocenters. The van der Waals surface area contributed by atoms with Crippen LogP contribution in [0.2, 0.25) is 0 Å². The Morgan fingerprint density at radius 2 is 2.07 bits per heavy atom. The van der Waals surface area contributed by atoms with Crippen LogP contribution in [-0.4, -0.2) is 43.1 Å². The normalized spacial score (nSPS) is 14.4. The highest BCUT2D eigenvalue weighted by Crippen LogP contribution is 2.42. The number of alkyl halides is 3. The van der Waals surface area contributed by atoms with Crippen LogP contribution in [0.4, 0.5) is 13.2 Å². The summed E-state index contributed by atoms with van der Waals surface area (Å²) < 4.78 is 41.0. The van der Waals surface area contributed by atoms with E-state index in [9.17, 15) is 22.8 Å². The van der Waals surface area contributed by atoms with Gasteiger partial charge in [-0.15, -0.1) is 0 Å². The molecule has 0 unspecified atom stereocenters. The molecule has 8 nitrogen and oxygen atoms in total. The fourth-order valence-corrected chi connectivity index (χ4v) is 2.84. The van der Waals surface area contributed by atoms with Gasteiger partial charge in [-0.3, -0.25) is 14.2 Å². The second-order valence-electron chi connectivity index (χ2n) is 6.39. The molecule has 2 heterocycles. The molecule has 0 aliphatic heterocycles. The monoisotopic (exact) mass is 385 g/mol. The molecule has 27 heavy (non-hydrogen) atoms. The number of carbonyl (C=O) groups is 2. The van der Waals surface area contributed by atoms with Crippen molar-refractivity contribution < 1.29 is 27.9 Å². The predicted molar refractivity (Wildman–Crippen MR) is 86.3 cm³/mol. The van der Waals surface area contributed by atoms with Crippen LogP contribution in [0.25, 0.3) is 0 Å². The summed E-state index contributed by atoms with van der Waals surface area (Å²) in [5, 5.41) is 19.1. The van der Waals surface area contributed by atoms with E-state index < -0.39 is 23.7 Å². The highest BCUT2D eigenvalue weighted by molar-refractivity contribution is 6.03. The maximum atomic E-state index is 12.9. The molecule has 1 amide bonds. The molecule has 3 rings (SSSR count). The lowest BCUT2D eigenvalue weighted by atomic mass is 10.2. The maximum Gasteiger partial charge on any atom is 0.435 e. The lowest BCUT2D eigenvalue weighted by molar-refractivity contribution is -0.141. The third kappa shape index (κ3) is 4.12. The third-order valence-electron chi connectivity index (χ3n) is 4.32. The Morgan fingerprint density at radius 1 is 1.37 bits per heavy atom. The van der Waals surface area contributed by atoms with Crippen LogP contribution in [0.3, 0.4) is 0 Å². The van der Waals surface area contributed by atoms with Crippen molar-refractivity contribution >= 4 is 11.9 Å². The van der Waals surface area contributed by atoms with E-state index in [4.69, 9.17) is 5.11 Å². The minimum absolute atomic E-state index is 0.0675. The molecule has 1 aliphatic rings. The zero-order valence-corrected chi connectivity index (χ0v) is 14.5. The highest BCUT2D eigenvalue weighted by Gasteiger charge is 2.37. The smallest absolute Gasteiger partial charge is 0.435 e. The number of halogens is 3. The number of hydrogen-bond acceptors (Lipinski definition) is 4. The van der Waals surface area contributed by atoms with Crippen LogP contribution in [-0.2, 0) is 19.8 Å². The van der Waals surface area contributed by atoms with Crippen molar-refractivity contribution in [3.8, 4) is 0 Å². The molecule has 2 N–H and O–H groups in total. The van der Waals surface area contributed by atoms with Crippen LogP contribution >= 0.6 is 0 Å². The van der Waals surface area contributed by atoms with Crippen molar-refractivity contribution in [2.24, 2.45) is 7.05 Å². The summed E-state index contributed by atoms with van der Waals surface area (Å²) in [6.45, 7) is 0.388. The van der Waals surface area contributed by atoms with Crippen LogP contribution in [0, 0.1) is 0 Å². The largest absolute Gasteiger partial charge is 0.477 e. The average molecular weight is 385 g/mol. The molecule has 1 fully saturated rings. The Hall–Kier alpha value is -2.85. The fourth-order valence-electron chi connectivity index (χ4n) is 2.84. The molecule has 0 saturated heterocycles. The Balaban J connectivity index is 1.59. The molecule has 0 radical (unpaired) electrons. The summed E-state index contributed by atoms with van der Waals surface area (Å²) in [4.78, 5) is 23.3. The topological polar surface area (TPSA) is 102 Å². The number of nitrogens with zero attached hydrogens (tertiary/aromatic N) is 4. The molecule has 2 aromatic rings. The first kappa shape index (κ1) is 18.9. The van der Waals surface area contributed by atoms with Gasteiger partial charge in [-0.25, -0.2) is 4.79 Å². The van der Waals surface area contributed by atoms with E-state index in [0.717, 1.165) is 29.8 Å². The second kappa shape index (κ2) is 7.05. The Kier molecular flexibility index (Phi) is 4.94. The van der Waals surface area contributed by atoms with Gasteiger partial charge in [-0.1, -0.05) is 0 Å². The van der Waals surface area contributed by atoms with E-state index in [2.05, 4.69) is 15.5 Å². The molecule has 146 valence electrons. The summed E-state index contributed by atoms with van der Waals surface area (Å²) in [5.74, 6) is -1.76. The first-order valence-electron chi connectivity index (χ1n) is 8.37. The van der Waals surface area contributed by atoms with Crippen molar-refractivity contribution in [3.05, 3.63) is 34.9 Å². The van der Waals surface area contributed by atoms with Gasteiger partial charge >= 0.3 is 12.1 Å². The van der Waals surface area contributed by atoms with Gasteiger partial charge in [0, 0.05) is 31.7 Å². The highest BCUT2D eigenvalue weighted by atomic mass is 19.4. The van der Waals surface area contributed by atoms with Crippen LogP contribution in [0.5, 0.6) is 0 Å². The Morgan fingerprint density at radius 3 is 2.67 bits per heavy atom. The van der Waals surface area contributed by atoms with E-state index in [-0.39, 0.29) is 30.3 Å². The standard InChI is InChI=1S/C16H18F3N5O3/c1-23-13(15(26)27)10(8-21-23)14(25)20-5-2-6-24-11(9-3-4-9)7-12(22-24)16(17,18)19/h7-9H,2-6H2,1H3,(H,20,25)(H,26,27). The van der Waals surface area contributed by atoms with Gasteiger partial charge in [0.25, 0.3) is 5.91 Å². The SMILES string of the molecule is Cn1ncc(C(=O)NCCCn2nc(C(F)(F)F)cc2C2CC2)c1C(=O)O. The quantitative estimate of drug-likeness (QED) is 0.710. The summed E-state index contributed by atoms with van der Waals surface area (Å²) in [5.41, 5.74) is -0.642. The summed E-state index contributed by atoms with van der Waals surface area (Å²) in [6.07, 6.45) is -1.28. The van der Waals surface area contributed by atoms with Gasteiger partial charge in [-0.05, 0) is 25.3 Å². The first-order valence-corrected chi connectivity index (χ1v) is 8.37. The number of carboxylic acids is 1. The summed E-state index contributed by atoms with van der Waals surface area (Å²) in [6, 6.07) is 1.09. The van der Waals surface area contributed by atoms with Gasteiger partial charge in [0.15, 0.2) is 11.4 Å². The number of aromatic nitrogens is 4. The second-order valence-corrected chi connectivity index (χ2v) is 6.39. The van der Waals surface area contributed by atoms with Crippen LogP contribution in [0.15, 0.2) is 12.3 Å². The van der Waals surface area contributed by atoms with Crippen molar-refractivity contribution in [1.82, 2.24) is 24.9 Å².